The van der Waals surface area contributed by atoms with Gasteiger partial charge in [-0.3, -0.25) is 0 Å². The molecule has 0 amide bonds. The standard InChI is InChI=1S/C20H29N/c1-14-12-13-16(15(14)2)17-10-8-9-11-18(17)20(6,7)21-19(3,4)5/h8-13,16,21H,1-7H3. The van der Waals surface area contributed by atoms with Crippen LogP contribution in [0.1, 0.15) is 65.5 Å². The van der Waals surface area contributed by atoms with E-state index < -0.39 is 0 Å². The molecule has 0 radical (unpaired) electrons. The van der Waals surface area contributed by atoms with Crippen LogP contribution in [-0.4, -0.2) is 5.54 Å². The molecule has 0 saturated heterocycles. The Kier molecular flexibility index (Phi) is 4.17. The van der Waals surface area contributed by atoms with Crippen molar-refractivity contribution in [1.29, 1.82) is 0 Å². The van der Waals surface area contributed by atoms with Gasteiger partial charge < -0.3 is 5.32 Å². The van der Waals surface area contributed by atoms with Gasteiger partial charge in [0.05, 0.1) is 0 Å². The first-order valence-corrected chi connectivity index (χ1v) is 7.86. The SMILES string of the molecule is CC1=C(C)C(c2ccccc2C(C)(C)NC(C)(C)C)C=C1. The summed E-state index contributed by atoms with van der Waals surface area (Å²) in [6.07, 6.45) is 4.58. The van der Waals surface area contributed by atoms with Gasteiger partial charge in [0.1, 0.15) is 0 Å². The lowest BCUT2D eigenvalue weighted by molar-refractivity contribution is 0.285. The molecule has 21 heavy (non-hydrogen) atoms. The fourth-order valence-electron chi connectivity index (χ4n) is 3.44. The molecule has 2 rings (SSSR count). The van der Waals surface area contributed by atoms with Crippen molar-refractivity contribution in [3.8, 4) is 0 Å². The van der Waals surface area contributed by atoms with Crippen LogP contribution in [0.25, 0.3) is 0 Å². The zero-order valence-corrected chi connectivity index (χ0v) is 14.5. The predicted octanol–water partition coefficient (Wildman–Crippen LogP) is 5.30. The maximum atomic E-state index is 3.76. The minimum atomic E-state index is -0.0561. The first-order chi connectivity index (χ1) is 9.62. The van der Waals surface area contributed by atoms with Gasteiger partial charge in [0.25, 0.3) is 0 Å². The Bertz CT molecular complexity index is 582. The van der Waals surface area contributed by atoms with Crippen LogP contribution in [0.5, 0.6) is 0 Å². The molecule has 0 aromatic heterocycles. The number of benzene rings is 1. The van der Waals surface area contributed by atoms with Crippen LogP contribution in [0, 0.1) is 0 Å². The van der Waals surface area contributed by atoms with Gasteiger partial charge in [-0.05, 0) is 59.6 Å². The third kappa shape index (κ3) is 3.47. The third-order valence-electron chi connectivity index (χ3n) is 4.28. The summed E-state index contributed by atoms with van der Waals surface area (Å²) in [6, 6.07) is 8.84. The molecule has 0 fully saturated rings. The van der Waals surface area contributed by atoms with Crippen LogP contribution in [-0.2, 0) is 5.54 Å². The topological polar surface area (TPSA) is 12.0 Å². The molecular weight excluding hydrogens is 254 g/mol. The first-order valence-electron chi connectivity index (χ1n) is 7.86. The molecule has 1 aromatic rings. The molecule has 0 spiro atoms. The van der Waals surface area contributed by atoms with Gasteiger partial charge in [-0.1, -0.05) is 47.6 Å². The van der Waals surface area contributed by atoms with Gasteiger partial charge in [0.2, 0.25) is 0 Å². The second kappa shape index (κ2) is 5.46. The third-order valence-corrected chi connectivity index (χ3v) is 4.28. The molecule has 0 bridgehead atoms. The second-order valence-corrected chi connectivity index (χ2v) is 7.79. The van der Waals surface area contributed by atoms with Gasteiger partial charge >= 0.3 is 0 Å². The Morgan fingerprint density at radius 1 is 0.952 bits per heavy atom. The smallest absolute Gasteiger partial charge is 0.0384 e. The van der Waals surface area contributed by atoms with Crippen molar-refractivity contribution >= 4 is 0 Å². The molecule has 0 aliphatic heterocycles. The molecule has 0 heterocycles. The summed E-state index contributed by atoms with van der Waals surface area (Å²) >= 11 is 0. The molecule has 1 N–H and O–H groups in total. The van der Waals surface area contributed by atoms with Gasteiger partial charge in [0, 0.05) is 17.0 Å². The van der Waals surface area contributed by atoms with Crippen LogP contribution in [0.2, 0.25) is 0 Å². The molecule has 1 unspecified atom stereocenters. The normalized spacial score (nSPS) is 19.5. The van der Waals surface area contributed by atoms with E-state index in [1.54, 1.807) is 0 Å². The largest absolute Gasteiger partial charge is 0.303 e. The Labute approximate surface area is 130 Å². The average molecular weight is 283 g/mol. The van der Waals surface area contributed by atoms with E-state index >= 15 is 0 Å². The lowest BCUT2D eigenvalue weighted by Gasteiger charge is -2.37. The summed E-state index contributed by atoms with van der Waals surface area (Å²) in [4.78, 5) is 0. The lowest BCUT2D eigenvalue weighted by Crippen LogP contribution is -2.48. The van der Waals surface area contributed by atoms with Crippen LogP contribution < -0.4 is 5.32 Å². The van der Waals surface area contributed by atoms with E-state index in [1.165, 1.54) is 22.3 Å². The number of hydrogen-bond donors (Lipinski definition) is 1. The van der Waals surface area contributed by atoms with E-state index in [-0.39, 0.29) is 11.1 Å². The summed E-state index contributed by atoms with van der Waals surface area (Å²) in [7, 11) is 0. The van der Waals surface area contributed by atoms with Crippen molar-refractivity contribution in [2.75, 3.05) is 0 Å². The van der Waals surface area contributed by atoms with E-state index in [4.69, 9.17) is 0 Å². The average Bonchev–Trinajstić information content (AvgIpc) is 2.67. The molecule has 1 aromatic carbocycles. The fraction of sp³-hybridized carbons (Fsp3) is 0.500. The quantitative estimate of drug-likeness (QED) is 0.793. The van der Waals surface area contributed by atoms with Crippen LogP contribution in [0.15, 0.2) is 47.6 Å². The van der Waals surface area contributed by atoms with E-state index in [2.05, 4.69) is 90.2 Å². The molecule has 1 aliphatic carbocycles. The molecule has 0 saturated carbocycles. The van der Waals surface area contributed by atoms with Gasteiger partial charge in [-0.15, -0.1) is 0 Å². The zero-order valence-electron chi connectivity index (χ0n) is 14.5. The fourth-order valence-corrected chi connectivity index (χ4v) is 3.44. The van der Waals surface area contributed by atoms with E-state index in [9.17, 15) is 0 Å². The zero-order chi connectivity index (χ0) is 15.8. The van der Waals surface area contributed by atoms with Crippen LogP contribution in [0.3, 0.4) is 0 Å². The highest BCUT2D eigenvalue weighted by atomic mass is 15.0. The molecule has 1 atom stereocenters. The highest BCUT2D eigenvalue weighted by molar-refractivity contribution is 5.48. The van der Waals surface area contributed by atoms with E-state index in [0.29, 0.717) is 5.92 Å². The second-order valence-electron chi connectivity index (χ2n) is 7.79. The van der Waals surface area contributed by atoms with Gasteiger partial charge in [-0.2, -0.15) is 0 Å². The van der Waals surface area contributed by atoms with Crippen LogP contribution >= 0.6 is 0 Å². The van der Waals surface area contributed by atoms with Crippen molar-refractivity contribution in [3.05, 3.63) is 58.7 Å². The minimum absolute atomic E-state index is 0.0561. The van der Waals surface area contributed by atoms with Crippen molar-refractivity contribution < 1.29 is 0 Å². The van der Waals surface area contributed by atoms with Crippen molar-refractivity contribution in [3.63, 3.8) is 0 Å². The van der Waals surface area contributed by atoms with Crippen LogP contribution in [0.4, 0.5) is 0 Å². The Hall–Kier alpha value is -1.34. The van der Waals surface area contributed by atoms with Gasteiger partial charge in [0.15, 0.2) is 0 Å². The summed E-state index contributed by atoms with van der Waals surface area (Å²) < 4.78 is 0. The molecule has 114 valence electrons. The van der Waals surface area contributed by atoms with Gasteiger partial charge in [-0.25, -0.2) is 0 Å². The summed E-state index contributed by atoms with van der Waals surface area (Å²) in [6.45, 7) is 15.7. The predicted molar refractivity (Wildman–Crippen MR) is 92.6 cm³/mol. The maximum absolute atomic E-state index is 3.76. The lowest BCUT2D eigenvalue weighted by atomic mass is 9.81. The van der Waals surface area contributed by atoms with Crippen molar-refractivity contribution in [2.24, 2.45) is 0 Å². The number of allylic oxidation sites excluding steroid dienone is 4. The highest BCUT2D eigenvalue weighted by Crippen LogP contribution is 2.38. The molecule has 1 heteroatoms. The maximum Gasteiger partial charge on any atom is 0.0384 e. The summed E-state index contributed by atoms with van der Waals surface area (Å²) in [5.41, 5.74) is 5.71. The molecule has 1 nitrogen and oxygen atoms in total. The van der Waals surface area contributed by atoms with E-state index in [0.717, 1.165) is 0 Å². The number of hydrogen-bond acceptors (Lipinski definition) is 1. The Morgan fingerprint density at radius 3 is 2.10 bits per heavy atom. The summed E-state index contributed by atoms with van der Waals surface area (Å²) in [5.74, 6) is 0.419. The highest BCUT2D eigenvalue weighted by Gasteiger charge is 2.30. The molecule has 1 aliphatic rings. The Balaban J connectivity index is 2.45. The number of nitrogens with one attached hydrogen (secondary N) is 1. The van der Waals surface area contributed by atoms with Crippen molar-refractivity contribution in [2.45, 2.75) is 65.5 Å². The monoisotopic (exact) mass is 283 g/mol. The summed E-state index contributed by atoms with van der Waals surface area (Å²) in [5, 5.41) is 3.76. The molecular formula is C20H29N. The first kappa shape index (κ1) is 16.0. The minimum Gasteiger partial charge on any atom is -0.303 e. The number of rotatable bonds is 3. The Morgan fingerprint density at radius 2 is 1.57 bits per heavy atom. The van der Waals surface area contributed by atoms with Crippen molar-refractivity contribution in [1.82, 2.24) is 5.32 Å². The van der Waals surface area contributed by atoms with E-state index in [1.807, 2.05) is 0 Å².